The van der Waals surface area contributed by atoms with Gasteiger partial charge in [0.1, 0.15) is 17.3 Å². The summed E-state index contributed by atoms with van der Waals surface area (Å²) >= 11 is 0. The molecule has 242 valence electrons. The molecule has 0 spiro atoms. The lowest BCUT2D eigenvalue weighted by atomic mass is 9.95. The van der Waals surface area contributed by atoms with E-state index in [1.54, 1.807) is 36.5 Å². The van der Waals surface area contributed by atoms with Crippen LogP contribution in [0.15, 0.2) is 72.9 Å². The lowest BCUT2D eigenvalue weighted by Gasteiger charge is -2.39. The smallest absolute Gasteiger partial charge is 0.251 e. The molecule has 1 fully saturated rings. The van der Waals surface area contributed by atoms with E-state index in [0.717, 1.165) is 22.2 Å². The van der Waals surface area contributed by atoms with Gasteiger partial charge in [-0.15, -0.1) is 0 Å². The van der Waals surface area contributed by atoms with Crippen LogP contribution in [0.5, 0.6) is 11.5 Å². The summed E-state index contributed by atoms with van der Waals surface area (Å²) < 4.78 is 39.8. The summed E-state index contributed by atoms with van der Waals surface area (Å²) in [5.74, 6) is -1.33. The van der Waals surface area contributed by atoms with Crippen molar-refractivity contribution in [3.8, 4) is 22.8 Å². The van der Waals surface area contributed by atoms with Crippen molar-refractivity contribution >= 4 is 28.4 Å². The van der Waals surface area contributed by atoms with Crippen molar-refractivity contribution in [2.75, 3.05) is 26.1 Å². The molecule has 2 aromatic heterocycles. The number of carbonyl (C=O) groups is 2. The number of hydrogen-bond donors (Lipinski definition) is 3. The van der Waals surface area contributed by atoms with Crippen LogP contribution in [0, 0.1) is 18.6 Å². The number of carbonyl (C=O) groups excluding carboxylic acids is 2. The fraction of sp³-hybridized carbons (Fsp3) is 0.257. The third-order valence-corrected chi connectivity index (χ3v) is 8.39. The van der Waals surface area contributed by atoms with Crippen LogP contribution in [0.1, 0.15) is 34.5 Å². The van der Waals surface area contributed by atoms with Gasteiger partial charge >= 0.3 is 0 Å². The topological polar surface area (TPSA) is 121 Å². The summed E-state index contributed by atoms with van der Waals surface area (Å²) in [6.07, 6.45) is 2.57. The number of aryl methyl sites for hydroxylation is 1. The highest BCUT2D eigenvalue weighted by Gasteiger charge is 2.35. The number of benzene rings is 3. The predicted octanol–water partition coefficient (Wildman–Crippen LogP) is 5.63. The number of nitrogens with one attached hydrogen (secondary N) is 3. The average molecular weight is 641 g/mol. The third-order valence-electron chi connectivity index (χ3n) is 8.39. The summed E-state index contributed by atoms with van der Waals surface area (Å²) in [5, 5.41) is 14.2. The molecule has 2 atom stereocenters. The number of likely N-dealkylation sites (tertiary alicyclic amines) is 1. The van der Waals surface area contributed by atoms with Gasteiger partial charge in [-0.3, -0.25) is 24.6 Å². The number of aromatic amines is 1. The molecule has 1 saturated heterocycles. The maximum Gasteiger partial charge on any atom is 0.251 e. The summed E-state index contributed by atoms with van der Waals surface area (Å²) in [7, 11) is 2.82. The Balaban J connectivity index is 1.23. The Labute approximate surface area is 270 Å². The molecule has 0 radical (unpaired) electrons. The zero-order chi connectivity index (χ0) is 33.1. The van der Waals surface area contributed by atoms with Crippen LogP contribution < -0.4 is 20.1 Å². The molecule has 1 aliphatic heterocycles. The second kappa shape index (κ2) is 13.6. The van der Waals surface area contributed by atoms with Crippen LogP contribution in [0.4, 0.5) is 14.5 Å². The molecule has 0 unspecified atom stereocenters. The van der Waals surface area contributed by atoms with Gasteiger partial charge in [0.15, 0.2) is 11.6 Å². The minimum atomic E-state index is -0.689. The summed E-state index contributed by atoms with van der Waals surface area (Å²) in [5.41, 5.74) is 4.25. The van der Waals surface area contributed by atoms with Crippen LogP contribution in [0.25, 0.3) is 22.2 Å². The van der Waals surface area contributed by atoms with Crippen LogP contribution in [-0.4, -0.2) is 64.7 Å². The Hall–Kier alpha value is -5.36. The van der Waals surface area contributed by atoms with E-state index in [-0.39, 0.29) is 42.4 Å². The number of rotatable bonds is 9. The quantitative estimate of drug-likeness (QED) is 0.191. The highest BCUT2D eigenvalue weighted by molar-refractivity contribution is 6.01. The molecule has 3 N–H and O–H groups in total. The van der Waals surface area contributed by atoms with Gasteiger partial charge in [0.2, 0.25) is 5.91 Å². The molecule has 2 amide bonds. The molecule has 47 heavy (non-hydrogen) atoms. The molecule has 0 bridgehead atoms. The molecule has 10 nitrogen and oxygen atoms in total. The molecule has 0 aliphatic carbocycles. The lowest BCUT2D eigenvalue weighted by Crippen LogP contribution is -2.55. The number of hydrogen-bond acceptors (Lipinski definition) is 7. The first kappa shape index (κ1) is 31.6. The number of nitrogens with zero attached hydrogens (tertiary/aromatic N) is 3. The fourth-order valence-corrected chi connectivity index (χ4v) is 6.03. The number of piperidine rings is 1. The number of fused-ring (bicyclic) bond motifs is 1. The van der Waals surface area contributed by atoms with Crippen LogP contribution in [0.2, 0.25) is 0 Å². The van der Waals surface area contributed by atoms with E-state index < -0.39 is 17.7 Å². The average Bonchev–Trinajstić information content (AvgIpc) is 3.49. The number of amides is 2. The zero-order valence-electron chi connectivity index (χ0n) is 26.1. The molecule has 3 heterocycles. The van der Waals surface area contributed by atoms with Crippen molar-refractivity contribution in [2.45, 2.75) is 38.4 Å². The predicted molar refractivity (Wildman–Crippen MR) is 173 cm³/mol. The van der Waals surface area contributed by atoms with Crippen molar-refractivity contribution in [3.05, 3.63) is 101 Å². The number of aromatic nitrogens is 3. The van der Waals surface area contributed by atoms with Crippen molar-refractivity contribution in [3.63, 3.8) is 0 Å². The Morgan fingerprint density at radius 3 is 2.57 bits per heavy atom. The van der Waals surface area contributed by atoms with Gasteiger partial charge in [-0.05, 0) is 74.4 Å². The van der Waals surface area contributed by atoms with Gasteiger partial charge in [0.25, 0.3) is 5.91 Å². The van der Waals surface area contributed by atoms with Crippen LogP contribution in [0.3, 0.4) is 0 Å². The molecule has 0 saturated carbocycles. The zero-order valence-corrected chi connectivity index (χ0v) is 26.1. The van der Waals surface area contributed by atoms with Gasteiger partial charge in [0, 0.05) is 64.9 Å². The first-order valence-corrected chi connectivity index (χ1v) is 15.2. The molecule has 1 aliphatic rings. The SMILES string of the molecule is COc1ccc(NC(=O)[C@@H]2CC[C@@H](NC(=O)c3ccc4[nH]nc(-c5ccnc(C)c5)c4c3)CN2Cc2c(F)cccc2OC)cc1F. The van der Waals surface area contributed by atoms with Gasteiger partial charge in [0.05, 0.1) is 25.8 Å². The minimum Gasteiger partial charge on any atom is -0.496 e. The maximum atomic E-state index is 15.0. The molecule has 12 heteroatoms. The number of anilines is 1. The van der Waals surface area contributed by atoms with Gasteiger partial charge < -0.3 is 20.1 Å². The van der Waals surface area contributed by atoms with Crippen molar-refractivity contribution < 1.29 is 27.8 Å². The second-order valence-corrected chi connectivity index (χ2v) is 11.5. The largest absolute Gasteiger partial charge is 0.496 e. The molecular weight excluding hydrogens is 606 g/mol. The minimum absolute atomic E-state index is 0.0486. The van der Waals surface area contributed by atoms with Crippen molar-refractivity contribution in [2.24, 2.45) is 0 Å². The summed E-state index contributed by atoms with van der Waals surface area (Å²) in [4.78, 5) is 33.2. The van der Waals surface area contributed by atoms with E-state index in [0.29, 0.717) is 35.4 Å². The second-order valence-electron chi connectivity index (χ2n) is 11.5. The van der Waals surface area contributed by atoms with Crippen molar-refractivity contribution in [1.82, 2.24) is 25.4 Å². The van der Waals surface area contributed by atoms with E-state index in [4.69, 9.17) is 9.47 Å². The Kier molecular flexibility index (Phi) is 9.12. The first-order chi connectivity index (χ1) is 22.7. The number of ether oxygens (including phenoxy) is 2. The van der Waals surface area contributed by atoms with E-state index >= 15 is 4.39 Å². The molecule has 5 aromatic rings. The molecule has 3 aromatic carbocycles. The fourth-order valence-electron chi connectivity index (χ4n) is 6.03. The Morgan fingerprint density at radius 1 is 0.979 bits per heavy atom. The number of pyridine rings is 1. The summed E-state index contributed by atoms with van der Waals surface area (Å²) in [6.45, 7) is 2.21. The highest BCUT2D eigenvalue weighted by atomic mass is 19.1. The van der Waals surface area contributed by atoms with Crippen LogP contribution >= 0.6 is 0 Å². The third kappa shape index (κ3) is 6.77. The lowest BCUT2D eigenvalue weighted by molar-refractivity contribution is -0.123. The monoisotopic (exact) mass is 640 g/mol. The highest BCUT2D eigenvalue weighted by Crippen LogP contribution is 2.30. The Morgan fingerprint density at radius 2 is 1.81 bits per heavy atom. The van der Waals surface area contributed by atoms with E-state index in [1.165, 1.54) is 32.4 Å². The van der Waals surface area contributed by atoms with Crippen molar-refractivity contribution in [1.29, 1.82) is 0 Å². The normalized spacial score (nSPS) is 16.5. The molecular formula is C35H34F2N6O4. The van der Waals surface area contributed by atoms with Gasteiger partial charge in [-0.25, -0.2) is 8.78 Å². The Bertz CT molecular complexity index is 1950. The van der Waals surface area contributed by atoms with Crippen LogP contribution in [-0.2, 0) is 11.3 Å². The number of halogens is 2. The van der Waals surface area contributed by atoms with E-state index in [1.807, 2.05) is 30.0 Å². The number of methoxy groups -OCH3 is 2. The van der Waals surface area contributed by atoms with E-state index in [2.05, 4.69) is 25.8 Å². The van der Waals surface area contributed by atoms with Gasteiger partial charge in [-0.1, -0.05) is 6.07 Å². The standard InChI is InChI=1S/C35H34F2N6O4/c1-20-15-21(13-14-38-20)33-25-16-22(7-10-29(25)41-42-33)34(44)40-24-8-11-30(35(45)39-23-9-12-32(47-3)28(37)17-23)43(18-24)19-26-27(36)5-4-6-31(26)46-2/h4-7,9-10,12-17,24,30H,8,11,18-19H2,1-3H3,(H,39,45)(H,40,44)(H,41,42)/t24-,30+/m1/s1. The maximum absolute atomic E-state index is 15.0. The van der Waals surface area contributed by atoms with E-state index in [9.17, 15) is 14.0 Å². The summed E-state index contributed by atoms with van der Waals surface area (Å²) in [6, 6.07) is 16.8. The number of H-pyrrole nitrogens is 1. The van der Waals surface area contributed by atoms with Gasteiger partial charge in [-0.2, -0.15) is 5.10 Å². The molecule has 6 rings (SSSR count). The first-order valence-electron chi connectivity index (χ1n) is 15.2.